The summed E-state index contributed by atoms with van der Waals surface area (Å²) in [4.78, 5) is 9.85. The van der Waals surface area contributed by atoms with E-state index in [9.17, 15) is 9.46 Å². The first-order chi connectivity index (χ1) is 9.05. The molecular weight excluding hydrogens is 259 g/mol. The molecule has 0 saturated heterocycles. The Morgan fingerprint density at radius 2 is 1.63 bits per heavy atom. The summed E-state index contributed by atoms with van der Waals surface area (Å²) >= 11 is 0. The topological polar surface area (TPSA) is 46.5 Å². The Balaban J connectivity index is 3.79. The lowest BCUT2D eigenvalue weighted by molar-refractivity contribution is 0.246. The van der Waals surface area contributed by atoms with E-state index in [2.05, 4.69) is 20.8 Å². The molecule has 2 unspecified atom stereocenters. The predicted octanol–water partition coefficient (Wildman–Crippen LogP) is 5.38. The van der Waals surface area contributed by atoms with Gasteiger partial charge in [0, 0.05) is 0 Å². The molecule has 116 valence electrons. The lowest BCUT2D eigenvalue weighted by Crippen LogP contribution is -2.08. The molecule has 0 aromatic carbocycles. The second-order valence-electron chi connectivity index (χ2n) is 5.48. The fourth-order valence-electron chi connectivity index (χ4n) is 2.21. The fourth-order valence-corrected chi connectivity index (χ4v) is 3.82. The molecule has 0 spiro atoms. The van der Waals surface area contributed by atoms with Crippen molar-refractivity contribution in [3.63, 3.8) is 0 Å². The van der Waals surface area contributed by atoms with E-state index in [-0.39, 0.29) is 0 Å². The number of hydrogen-bond donors (Lipinski definition) is 1. The fraction of sp³-hybridized carbons (Fsp3) is 1.00. The van der Waals surface area contributed by atoms with Crippen LogP contribution < -0.4 is 0 Å². The number of hydrogen-bond acceptors (Lipinski definition) is 2. The summed E-state index contributed by atoms with van der Waals surface area (Å²) in [6, 6.07) is 0. The van der Waals surface area contributed by atoms with E-state index in [1.165, 1.54) is 19.3 Å². The zero-order valence-corrected chi connectivity index (χ0v) is 14.0. The Bertz CT molecular complexity index is 244. The molecule has 2 atom stereocenters. The molecular formula is C15H33O3P. The van der Waals surface area contributed by atoms with Crippen molar-refractivity contribution in [2.75, 3.05) is 12.8 Å². The van der Waals surface area contributed by atoms with E-state index in [0.717, 1.165) is 38.5 Å². The summed E-state index contributed by atoms with van der Waals surface area (Å²) in [5.74, 6) is 0.330. The van der Waals surface area contributed by atoms with Crippen molar-refractivity contribution in [3.05, 3.63) is 0 Å². The van der Waals surface area contributed by atoms with Gasteiger partial charge < -0.3 is 9.42 Å². The van der Waals surface area contributed by atoms with Gasteiger partial charge in [-0.1, -0.05) is 65.7 Å². The van der Waals surface area contributed by atoms with Crippen LogP contribution in [0.1, 0.15) is 78.6 Å². The summed E-state index contributed by atoms with van der Waals surface area (Å²) in [6.45, 7) is 6.85. The van der Waals surface area contributed by atoms with Gasteiger partial charge in [-0.3, -0.25) is 4.57 Å². The lowest BCUT2D eigenvalue weighted by Gasteiger charge is -2.18. The zero-order chi connectivity index (χ0) is 14.6. The molecule has 0 aliphatic rings. The highest BCUT2D eigenvalue weighted by Crippen LogP contribution is 2.45. The van der Waals surface area contributed by atoms with Gasteiger partial charge >= 0.3 is 7.60 Å². The average Bonchev–Trinajstić information content (AvgIpc) is 2.38. The Hall–Kier alpha value is 0.150. The number of unbranched alkanes of at least 4 members (excludes halogenated alkanes) is 5. The van der Waals surface area contributed by atoms with E-state index in [1.807, 2.05) is 0 Å². The molecule has 19 heavy (non-hydrogen) atoms. The molecule has 0 aliphatic carbocycles. The standard InChI is InChI=1S/C15H33O3P/c1-4-7-9-10-11-13-18-19(16,17)14-15(6-3)12-8-5-2/h15H,4-14H2,1-3H3,(H,16,17). The Morgan fingerprint density at radius 3 is 2.21 bits per heavy atom. The van der Waals surface area contributed by atoms with Crippen LogP contribution in [0.3, 0.4) is 0 Å². The molecule has 0 fully saturated rings. The van der Waals surface area contributed by atoms with Crippen molar-refractivity contribution in [3.8, 4) is 0 Å². The Morgan fingerprint density at radius 1 is 1.00 bits per heavy atom. The summed E-state index contributed by atoms with van der Waals surface area (Å²) < 4.78 is 17.2. The molecule has 4 heteroatoms. The molecule has 1 N–H and O–H groups in total. The second-order valence-corrected chi connectivity index (χ2v) is 7.38. The minimum Gasteiger partial charge on any atom is -0.324 e. The predicted molar refractivity (Wildman–Crippen MR) is 82.7 cm³/mol. The van der Waals surface area contributed by atoms with E-state index >= 15 is 0 Å². The highest BCUT2D eigenvalue weighted by atomic mass is 31.2. The van der Waals surface area contributed by atoms with Crippen LogP contribution in [0.15, 0.2) is 0 Å². The van der Waals surface area contributed by atoms with Crippen LogP contribution in [0.5, 0.6) is 0 Å². The Kier molecular flexibility index (Phi) is 12.0. The van der Waals surface area contributed by atoms with Gasteiger partial charge in [-0.25, -0.2) is 0 Å². The molecule has 0 radical (unpaired) electrons. The lowest BCUT2D eigenvalue weighted by atomic mass is 10.0. The van der Waals surface area contributed by atoms with Crippen LogP contribution >= 0.6 is 7.60 Å². The van der Waals surface area contributed by atoms with Gasteiger partial charge in [-0.2, -0.15) is 0 Å². The Labute approximate surface area is 119 Å². The van der Waals surface area contributed by atoms with Gasteiger partial charge in [-0.15, -0.1) is 0 Å². The van der Waals surface area contributed by atoms with Crippen LogP contribution in [0.4, 0.5) is 0 Å². The summed E-state index contributed by atoms with van der Waals surface area (Å²) in [5.41, 5.74) is 0. The summed E-state index contributed by atoms with van der Waals surface area (Å²) in [7, 11) is -3.36. The SMILES string of the molecule is CCCCCCCOP(=O)(O)CC(CC)CCCC. The minimum absolute atomic E-state index is 0.330. The molecule has 0 rings (SSSR count). The zero-order valence-electron chi connectivity index (χ0n) is 13.1. The molecule has 0 aliphatic heterocycles. The first kappa shape index (κ1) is 19.1. The maximum atomic E-state index is 12.0. The average molecular weight is 292 g/mol. The smallest absolute Gasteiger partial charge is 0.324 e. The second kappa shape index (κ2) is 11.9. The van der Waals surface area contributed by atoms with E-state index in [0.29, 0.717) is 18.7 Å². The molecule has 0 bridgehead atoms. The third kappa shape index (κ3) is 11.7. The van der Waals surface area contributed by atoms with Gasteiger partial charge in [0.05, 0.1) is 12.8 Å². The van der Waals surface area contributed by atoms with Gasteiger partial charge in [-0.05, 0) is 18.8 Å². The molecule has 0 aromatic heterocycles. The van der Waals surface area contributed by atoms with Crippen molar-refractivity contribution in [2.45, 2.75) is 78.6 Å². The van der Waals surface area contributed by atoms with Crippen molar-refractivity contribution in [1.29, 1.82) is 0 Å². The molecule has 3 nitrogen and oxygen atoms in total. The maximum Gasteiger partial charge on any atom is 0.328 e. The largest absolute Gasteiger partial charge is 0.328 e. The van der Waals surface area contributed by atoms with Crippen LogP contribution in [-0.4, -0.2) is 17.7 Å². The molecule has 0 saturated carbocycles. The van der Waals surface area contributed by atoms with Crippen LogP contribution in [0, 0.1) is 5.92 Å². The van der Waals surface area contributed by atoms with Crippen LogP contribution in [0.2, 0.25) is 0 Å². The van der Waals surface area contributed by atoms with Crippen molar-refractivity contribution in [1.82, 2.24) is 0 Å². The van der Waals surface area contributed by atoms with Gasteiger partial charge in [0.1, 0.15) is 0 Å². The highest BCUT2D eigenvalue weighted by Gasteiger charge is 2.23. The third-order valence-corrected chi connectivity index (χ3v) is 5.14. The monoisotopic (exact) mass is 292 g/mol. The first-order valence-corrected chi connectivity index (χ1v) is 9.78. The summed E-state index contributed by atoms with van der Waals surface area (Å²) in [6.07, 6.45) is 10.3. The molecule has 0 amide bonds. The molecule has 0 aromatic rings. The van der Waals surface area contributed by atoms with Gasteiger partial charge in [0.25, 0.3) is 0 Å². The summed E-state index contributed by atoms with van der Waals surface area (Å²) in [5, 5.41) is 0. The highest BCUT2D eigenvalue weighted by molar-refractivity contribution is 7.52. The maximum absolute atomic E-state index is 12.0. The van der Waals surface area contributed by atoms with Gasteiger partial charge in [0.15, 0.2) is 0 Å². The van der Waals surface area contributed by atoms with Gasteiger partial charge in [0.2, 0.25) is 0 Å². The van der Waals surface area contributed by atoms with Crippen molar-refractivity contribution in [2.24, 2.45) is 5.92 Å². The number of rotatable bonds is 13. The molecule has 0 heterocycles. The van der Waals surface area contributed by atoms with Crippen LogP contribution in [0.25, 0.3) is 0 Å². The van der Waals surface area contributed by atoms with E-state index < -0.39 is 7.60 Å². The van der Waals surface area contributed by atoms with Crippen molar-refractivity contribution < 1.29 is 14.0 Å². The van der Waals surface area contributed by atoms with E-state index in [4.69, 9.17) is 4.52 Å². The van der Waals surface area contributed by atoms with Crippen LogP contribution in [-0.2, 0) is 9.09 Å². The van der Waals surface area contributed by atoms with E-state index in [1.54, 1.807) is 0 Å². The first-order valence-electron chi connectivity index (χ1n) is 8.02. The minimum atomic E-state index is -3.36. The quantitative estimate of drug-likeness (QED) is 0.366. The van der Waals surface area contributed by atoms with Crippen molar-refractivity contribution >= 4 is 7.60 Å². The normalized spacial score (nSPS) is 16.2. The third-order valence-electron chi connectivity index (χ3n) is 3.57.